The minimum atomic E-state index is -0.726. The largest absolute Gasteiger partial charge is 0.445 e. The maximum Gasteiger partial charge on any atom is 0.269 e. The van der Waals surface area contributed by atoms with Crippen molar-refractivity contribution in [2.24, 2.45) is 5.73 Å². The van der Waals surface area contributed by atoms with Crippen molar-refractivity contribution in [3.05, 3.63) is 98.1 Å². The molecular weight excluding hydrogens is 384 g/mol. The highest BCUT2D eigenvalue weighted by Crippen LogP contribution is 2.44. The molecule has 0 amide bonds. The highest BCUT2D eigenvalue weighted by molar-refractivity contribution is 6.12. The molecule has 4 rings (SSSR count). The van der Waals surface area contributed by atoms with Crippen LogP contribution in [-0.2, 0) is 9.53 Å². The number of non-ortho nitro benzene ring substituents is 1. The molecule has 0 spiro atoms. The summed E-state index contributed by atoms with van der Waals surface area (Å²) in [7, 11) is 0. The van der Waals surface area contributed by atoms with Crippen LogP contribution < -0.4 is 5.73 Å². The predicted octanol–water partition coefficient (Wildman–Crippen LogP) is 4.08. The van der Waals surface area contributed by atoms with Gasteiger partial charge in [-0.25, -0.2) is 0 Å². The van der Waals surface area contributed by atoms with Crippen molar-refractivity contribution in [3.8, 4) is 0 Å². The molecule has 2 aromatic rings. The van der Waals surface area contributed by atoms with E-state index in [9.17, 15) is 19.7 Å². The summed E-state index contributed by atoms with van der Waals surface area (Å²) in [6, 6.07) is 12.9. The van der Waals surface area contributed by atoms with Crippen molar-refractivity contribution in [2.45, 2.75) is 32.1 Å². The second-order valence-corrected chi connectivity index (χ2v) is 7.47. The Labute approximate surface area is 173 Å². The summed E-state index contributed by atoms with van der Waals surface area (Å²) in [5, 5.41) is 11.0. The van der Waals surface area contributed by atoms with Crippen LogP contribution in [0.5, 0.6) is 0 Å². The Kier molecular flexibility index (Phi) is 4.95. The quantitative estimate of drug-likeness (QED) is 0.467. The number of hydrogen-bond acceptors (Lipinski definition) is 6. The van der Waals surface area contributed by atoms with Crippen molar-refractivity contribution in [2.75, 3.05) is 0 Å². The van der Waals surface area contributed by atoms with E-state index in [0.717, 1.165) is 5.56 Å². The Morgan fingerprint density at radius 2 is 1.77 bits per heavy atom. The molecule has 0 aromatic heterocycles. The summed E-state index contributed by atoms with van der Waals surface area (Å²) < 4.78 is 5.74. The number of ether oxygens (including phenoxy) is 1. The van der Waals surface area contributed by atoms with Crippen LogP contribution in [0.4, 0.5) is 5.69 Å². The van der Waals surface area contributed by atoms with Crippen molar-refractivity contribution < 1.29 is 19.2 Å². The third-order valence-electron chi connectivity index (χ3n) is 5.48. The van der Waals surface area contributed by atoms with Gasteiger partial charge in [0.2, 0.25) is 0 Å². The zero-order valence-electron chi connectivity index (χ0n) is 16.4. The number of benzene rings is 2. The molecule has 152 valence electrons. The van der Waals surface area contributed by atoms with Gasteiger partial charge in [-0.05, 0) is 18.9 Å². The Balaban J connectivity index is 1.86. The lowest BCUT2D eigenvalue weighted by Crippen LogP contribution is -2.30. The molecule has 0 radical (unpaired) electrons. The summed E-state index contributed by atoms with van der Waals surface area (Å²) in [6.07, 6.45) is 1.56. The first kappa shape index (κ1) is 19.6. The Morgan fingerprint density at radius 1 is 1.10 bits per heavy atom. The van der Waals surface area contributed by atoms with Gasteiger partial charge in [0.25, 0.3) is 5.69 Å². The predicted molar refractivity (Wildman–Crippen MR) is 110 cm³/mol. The number of nitro benzene ring substituents is 1. The van der Waals surface area contributed by atoms with Gasteiger partial charge in [0.1, 0.15) is 5.76 Å². The second-order valence-electron chi connectivity index (χ2n) is 7.47. The maximum absolute atomic E-state index is 13.4. The van der Waals surface area contributed by atoms with Gasteiger partial charge >= 0.3 is 0 Å². The van der Waals surface area contributed by atoms with Crippen LogP contribution in [-0.4, -0.2) is 16.5 Å². The first-order valence-electron chi connectivity index (χ1n) is 9.66. The summed E-state index contributed by atoms with van der Waals surface area (Å²) in [6.45, 7) is 1.92. The Morgan fingerprint density at radius 3 is 2.40 bits per heavy atom. The minimum absolute atomic E-state index is 0.0302. The van der Waals surface area contributed by atoms with Crippen LogP contribution in [0.15, 0.2) is 71.3 Å². The van der Waals surface area contributed by atoms with E-state index in [2.05, 4.69) is 0 Å². The number of nitrogens with two attached hydrogens (primary N) is 1. The van der Waals surface area contributed by atoms with Gasteiger partial charge in [-0.3, -0.25) is 19.7 Å². The molecule has 0 unspecified atom stereocenters. The zero-order valence-corrected chi connectivity index (χ0v) is 16.4. The number of carbonyl (C=O) groups is 2. The van der Waals surface area contributed by atoms with Crippen LogP contribution in [0.2, 0.25) is 0 Å². The highest BCUT2D eigenvalue weighted by atomic mass is 16.6. The number of ketones is 2. The monoisotopic (exact) mass is 404 g/mol. The number of allylic oxidation sites excluding steroid dienone is 3. The fraction of sp³-hybridized carbons (Fsp3) is 0.217. The van der Waals surface area contributed by atoms with E-state index in [1.807, 2.05) is 19.1 Å². The van der Waals surface area contributed by atoms with E-state index in [4.69, 9.17) is 10.5 Å². The standard InChI is InChI=1S/C23H20N2O5/c1-13-5-7-15(8-6-13)22(27)21-19(14-9-11-16(12-10-14)25(28)29)20-17(26)3-2-4-18(20)30-23(21)24/h5-12,19H,2-4,24H2,1H3/t19-/m0/s1. The summed E-state index contributed by atoms with van der Waals surface area (Å²) >= 11 is 0. The third-order valence-corrected chi connectivity index (χ3v) is 5.48. The Hall–Kier alpha value is -3.74. The smallest absolute Gasteiger partial charge is 0.269 e. The van der Waals surface area contributed by atoms with Gasteiger partial charge in [-0.2, -0.15) is 0 Å². The molecule has 0 bridgehead atoms. The lowest BCUT2D eigenvalue weighted by atomic mass is 9.75. The molecule has 0 saturated carbocycles. The van der Waals surface area contributed by atoms with E-state index in [-0.39, 0.29) is 28.7 Å². The molecule has 1 atom stereocenters. The van der Waals surface area contributed by atoms with Crippen LogP contribution >= 0.6 is 0 Å². The molecule has 0 saturated heterocycles. The van der Waals surface area contributed by atoms with Crippen molar-refractivity contribution in [1.82, 2.24) is 0 Å². The molecule has 30 heavy (non-hydrogen) atoms. The van der Waals surface area contributed by atoms with Crippen molar-refractivity contribution >= 4 is 17.3 Å². The number of nitrogens with zero attached hydrogens (tertiary/aromatic N) is 1. The topological polar surface area (TPSA) is 113 Å². The summed E-state index contributed by atoms with van der Waals surface area (Å²) in [5.74, 6) is -0.705. The third kappa shape index (κ3) is 3.39. The van der Waals surface area contributed by atoms with Gasteiger partial charge in [0, 0.05) is 36.1 Å². The first-order valence-corrected chi connectivity index (χ1v) is 9.66. The van der Waals surface area contributed by atoms with Gasteiger partial charge in [0.05, 0.1) is 16.4 Å². The number of Topliss-reactive ketones (excluding diaryl/α,β-unsaturated/α-hetero) is 2. The van der Waals surface area contributed by atoms with E-state index >= 15 is 0 Å². The second kappa shape index (κ2) is 7.59. The fourth-order valence-corrected chi connectivity index (χ4v) is 3.96. The molecule has 0 fully saturated rings. The summed E-state index contributed by atoms with van der Waals surface area (Å²) in [4.78, 5) is 36.8. The Bertz CT molecular complexity index is 1110. The van der Waals surface area contributed by atoms with E-state index in [1.54, 1.807) is 24.3 Å². The average Bonchev–Trinajstić information content (AvgIpc) is 2.73. The molecule has 1 aliphatic carbocycles. The first-order chi connectivity index (χ1) is 14.4. The van der Waals surface area contributed by atoms with Crippen LogP contribution in [0.3, 0.4) is 0 Å². The SMILES string of the molecule is Cc1ccc(C(=O)C2=C(N)OC3=C(C(=O)CCC3)[C@@H]2c2ccc([N+](=O)[O-])cc2)cc1. The van der Waals surface area contributed by atoms with Gasteiger partial charge in [-0.15, -0.1) is 0 Å². The molecule has 1 heterocycles. The number of nitro groups is 1. The van der Waals surface area contributed by atoms with Gasteiger partial charge in [0.15, 0.2) is 17.4 Å². The van der Waals surface area contributed by atoms with Crippen molar-refractivity contribution in [3.63, 3.8) is 0 Å². The molecule has 2 N–H and O–H groups in total. The van der Waals surface area contributed by atoms with Gasteiger partial charge < -0.3 is 10.5 Å². The van der Waals surface area contributed by atoms with E-state index in [0.29, 0.717) is 41.7 Å². The van der Waals surface area contributed by atoms with Crippen LogP contribution in [0, 0.1) is 17.0 Å². The maximum atomic E-state index is 13.4. The molecular formula is C23H20N2O5. The number of carbonyl (C=O) groups excluding carboxylic acids is 2. The molecule has 2 aromatic carbocycles. The lowest BCUT2D eigenvalue weighted by Gasteiger charge is -2.32. The molecule has 7 nitrogen and oxygen atoms in total. The highest BCUT2D eigenvalue weighted by Gasteiger charge is 2.40. The average molecular weight is 404 g/mol. The van der Waals surface area contributed by atoms with E-state index in [1.165, 1.54) is 12.1 Å². The zero-order chi connectivity index (χ0) is 21.4. The van der Waals surface area contributed by atoms with Gasteiger partial charge in [-0.1, -0.05) is 42.0 Å². The normalized spacial score (nSPS) is 18.7. The summed E-state index contributed by atoms with van der Waals surface area (Å²) in [5.41, 5.74) is 8.74. The number of aryl methyl sites for hydroxylation is 1. The van der Waals surface area contributed by atoms with Crippen LogP contribution in [0.25, 0.3) is 0 Å². The molecule has 2 aliphatic rings. The molecule has 7 heteroatoms. The van der Waals surface area contributed by atoms with Crippen LogP contribution in [0.1, 0.15) is 46.7 Å². The molecule has 1 aliphatic heterocycles. The number of hydrogen-bond donors (Lipinski definition) is 1. The minimum Gasteiger partial charge on any atom is -0.445 e. The lowest BCUT2D eigenvalue weighted by molar-refractivity contribution is -0.384. The fourth-order valence-electron chi connectivity index (χ4n) is 3.96. The van der Waals surface area contributed by atoms with E-state index < -0.39 is 10.8 Å². The number of rotatable bonds is 4. The van der Waals surface area contributed by atoms with Crippen molar-refractivity contribution in [1.29, 1.82) is 0 Å².